The van der Waals surface area contributed by atoms with E-state index in [1.807, 2.05) is 242 Å². The van der Waals surface area contributed by atoms with Crippen molar-refractivity contribution in [2.24, 2.45) is 0 Å². The smallest absolute Gasteiger partial charge is 0.362 e. The molecule has 0 aromatic carbocycles. The van der Waals surface area contributed by atoms with Crippen LogP contribution >= 0.6 is 0 Å². The maximum Gasteiger partial charge on any atom is 0.362 e. The summed E-state index contributed by atoms with van der Waals surface area (Å²) in [5.41, 5.74) is 0. The van der Waals surface area contributed by atoms with Crippen LogP contribution in [0.4, 0.5) is 0 Å². The lowest BCUT2D eigenvalue weighted by atomic mass is 11.8. The van der Waals surface area contributed by atoms with Gasteiger partial charge in [0.1, 0.15) is 0 Å². The van der Waals surface area contributed by atoms with Crippen LogP contribution < -0.4 is 0 Å². The minimum atomic E-state index is -1.72. The standard InChI is InChI=1S/C43H129O38Si39/c1-82(44-83(2)46-85(4)48-87(6)50-89(8)52-91(10)54-93(12)56-95(14)58-97(16)60-99(18)62-101(20)64-103(22)66-105(24)68-107(26)70-109(28)72-111(30)74-113(32)76-115(34)78-117(36)80-119(38,39)40)45-84(3)47-86(5)49-88(7)51-90(9)53-92(11)55-94(13)57-96(15)59-98(17)61-100(19)63-102(21)65-104(23)67-106(25)69-108(27)71-110(29)73-112(31)75-114(33)77-116(35)79-118(37)81-120(41,42)43/h1-43H3. The zero-order valence-corrected chi connectivity index (χ0v) is 117. The van der Waals surface area contributed by atoms with Gasteiger partial charge in [-0.3, -0.25) is 0 Å². The van der Waals surface area contributed by atoms with E-state index in [1.54, 1.807) is 0 Å². The molecule has 0 amide bonds. The van der Waals surface area contributed by atoms with E-state index in [0.29, 0.717) is 0 Å². The van der Waals surface area contributed by atoms with E-state index < -0.39 is 360 Å². The lowest BCUT2D eigenvalue weighted by Gasteiger charge is -2.26. The molecule has 0 saturated carbocycles. The fourth-order valence-electron chi connectivity index (χ4n) is 8.92. The van der Waals surface area contributed by atoms with Crippen molar-refractivity contribution in [3.05, 3.63) is 0 Å². The van der Waals surface area contributed by atoms with Gasteiger partial charge in [0.25, 0.3) is 0 Å². The van der Waals surface area contributed by atoms with Gasteiger partial charge in [0, 0.05) is 0 Å². The molecule has 0 aliphatic heterocycles. The molecule has 0 bridgehead atoms. The van der Waals surface area contributed by atoms with Crippen molar-refractivity contribution in [1.82, 2.24) is 0 Å². The van der Waals surface area contributed by atoms with Crippen LogP contribution in [-0.2, 0) is 156 Å². The fourth-order valence-corrected chi connectivity index (χ4v) is 94.2. The van der Waals surface area contributed by atoms with E-state index in [2.05, 4.69) is 39.3 Å². The average Bonchev–Trinajstić information content (AvgIpc) is 0.930. The molecule has 38 nitrogen and oxygen atoms in total. The van der Waals surface area contributed by atoms with Gasteiger partial charge in [0.05, 0.1) is 0 Å². The Morgan fingerprint density at radius 1 is 0.0833 bits per heavy atom. The van der Waals surface area contributed by atoms with Crippen molar-refractivity contribution >= 4 is 360 Å². The highest BCUT2D eigenvalue weighted by molar-refractivity contribution is 6.81. The summed E-state index contributed by atoms with van der Waals surface area (Å²) in [6.45, 7) is 84.6. The molecule has 77 heteroatoms. The van der Waals surface area contributed by atoms with Crippen molar-refractivity contribution in [2.45, 2.75) is 282 Å². The maximum atomic E-state index is 6.22. The molecule has 0 aliphatic rings. The molecule has 37 radical (unpaired) electrons. The summed E-state index contributed by atoms with van der Waals surface area (Å²) in [6.07, 6.45) is 0. The second-order valence-corrected chi connectivity index (χ2v) is 102. The third kappa shape index (κ3) is 74.1. The van der Waals surface area contributed by atoms with E-state index in [0.717, 1.165) is 0 Å². The van der Waals surface area contributed by atoms with Crippen molar-refractivity contribution in [3.8, 4) is 0 Å². The van der Waals surface area contributed by atoms with Crippen molar-refractivity contribution < 1.29 is 156 Å². The summed E-state index contributed by atoms with van der Waals surface area (Å²) in [7, 11) is -64.6. The Labute approximate surface area is 790 Å². The SMILES string of the molecule is C[Si](O[Si](C)O[Si](C)O[Si](C)O[Si](C)O[Si](C)O[Si](C)O[Si](C)O[Si](C)O[Si](C)O[Si](C)O[Si](C)O[Si](C)O[Si](C)O[Si](C)O[Si](C)O[Si](C)O[Si](C)O[Si](C)O[Si](C)(C)C)O[Si](C)O[Si](C)O[Si](C)O[Si](C)O[Si](C)O[Si](C)O[Si](C)O[Si](C)O[Si](C)O[Si](C)O[Si](C)O[Si](C)O[Si](C)O[Si](C)O[Si](C)O[Si](C)O[Si](C)O[Si](C)O[Si](C)(C)C. The molecular formula is C43H129O38Si39. The monoisotopic (exact) mass is 2340 g/mol. The van der Waals surface area contributed by atoms with Crippen LogP contribution in [0, 0.1) is 0 Å². The molecule has 0 heterocycles. The van der Waals surface area contributed by atoms with E-state index in [-0.39, 0.29) is 0 Å². The van der Waals surface area contributed by atoms with Gasteiger partial charge in [0.15, 0.2) is 16.6 Å². The first-order chi connectivity index (χ1) is 55.3. The van der Waals surface area contributed by atoms with Crippen LogP contribution in [-0.4, -0.2) is 360 Å². The molecule has 0 unspecified atom stereocenters. The molecule has 0 aromatic heterocycles. The molecule has 0 N–H and O–H groups in total. The minimum absolute atomic E-state index is 1.37. The molecular weight excluding hydrogens is 2220 g/mol. The highest BCUT2D eigenvalue weighted by Gasteiger charge is 2.38. The summed E-state index contributed by atoms with van der Waals surface area (Å²) < 4.78 is 235. The normalized spacial score (nSPS) is 14.0. The lowest BCUT2D eigenvalue weighted by molar-refractivity contribution is 0.297. The quantitative estimate of drug-likeness (QED) is 0.0527. The second-order valence-electron chi connectivity index (χ2n) is 26.3. The predicted octanol–water partition coefficient (Wildman–Crippen LogP) is 7.65. The summed E-state index contributed by atoms with van der Waals surface area (Å²) in [6, 6.07) is 0. The molecule has 0 aromatic rings. The van der Waals surface area contributed by atoms with E-state index >= 15 is 0 Å². The molecule has 0 spiro atoms. The van der Waals surface area contributed by atoms with Crippen LogP contribution in [0.3, 0.4) is 0 Å². The predicted molar refractivity (Wildman–Crippen MR) is 518 cm³/mol. The average molecular weight is 2350 g/mol. The van der Waals surface area contributed by atoms with Crippen molar-refractivity contribution in [1.29, 1.82) is 0 Å². The van der Waals surface area contributed by atoms with Gasteiger partial charge < -0.3 is 156 Å². The van der Waals surface area contributed by atoms with Gasteiger partial charge in [-0.2, -0.15) is 0 Å². The topological polar surface area (TPSA) is 351 Å². The van der Waals surface area contributed by atoms with Crippen LogP contribution in [0.1, 0.15) is 0 Å². The van der Waals surface area contributed by atoms with E-state index in [1.165, 1.54) is 0 Å². The fraction of sp³-hybridized carbons (Fsp3) is 1.00. The molecule has 0 saturated heterocycles. The van der Waals surface area contributed by atoms with Crippen LogP contribution in [0.15, 0.2) is 0 Å². The number of rotatable bonds is 76. The van der Waals surface area contributed by atoms with Crippen molar-refractivity contribution in [3.63, 3.8) is 0 Å². The largest absolute Gasteiger partial charge is 0.436 e. The molecule has 120 heavy (non-hydrogen) atoms. The summed E-state index contributed by atoms with van der Waals surface area (Å²) in [4.78, 5) is 0. The summed E-state index contributed by atoms with van der Waals surface area (Å²) in [5.74, 6) is 0. The van der Waals surface area contributed by atoms with Crippen molar-refractivity contribution in [2.75, 3.05) is 0 Å². The van der Waals surface area contributed by atoms with Gasteiger partial charge in [-0.25, -0.2) is 0 Å². The van der Waals surface area contributed by atoms with E-state index in [9.17, 15) is 0 Å². The summed E-state index contributed by atoms with van der Waals surface area (Å²) in [5, 5.41) is 0. The minimum Gasteiger partial charge on any atom is -0.436 e. The van der Waals surface area contributed by atoms with Crippen LogP contribution in [0.2, 0.25) is 282 Å². The Morgan fingerprint density at radius 2 is 0.125 bits per heavy atom. The van der Waals surface area contributed by atoms with Gasteiger partial charge in [0.2, 0.25) is 0 Å². The van der Waals surface area contributed by atoms with Crippen LogP contribution in [0.5, 0.6) is 0 Å². The zero-order chi connectivity index (χ0) is 92.2. The lowest BCUT2D eigenvalue weighted by Crippen LogP contribution is -2.44. The zero-order valence-electron chi connectivity index (χ0n) is 78.0. The molecule has 0 fully saturated rings. The van der Waals surface area contributed by atoms with Crippen LogP contribution in [0.25, 0.3) is 0 Å². The molecule has 685 valence electrons. The first-order valence-electron chi connectivity index (χ1n) is 37.0. The third-order valence-electron chi connectivity index (χ3n) is 11.2. The highest BCUT2D eigenvalue weighted by Crippen LogP contribution is 2.17. The Morgan fingerprint density at radius 3 is 0.167 bits per heavy atom. The molecule has 0 atom stereocenters. The van der Waals surface area contributed by atoms with E-state index in [4.69, 9.17) is 156 Å². The van der Waals surface area contributed by atoms with Gasteiger partial charge in [-0.15, -0.1) is 0 Å². The Hall–Kier alpha value is 6.94. The maximum absolute atomic E-state index is 6.22. The first kappa shape index (κ1) is 127. The number of hydrogen-bond acceptors (Lipinski definition) is 38. The Bertz CT molecular complexity index is 2320. The summed E-state index contributed by atoms with van der Waals surface area (Å²) >= 11 is 0. The Balaban J connectivity index is 4.56. The first-order valence-corrected chi connectivity index (χ1v) is 111. The molecule has 0 aliphatic carbocycles. The second kappa shape index (κ2) is 69.7. The number of hydrogen-bond donors (Lipinski definition) is 0. The highest BCUT2D eigenvalue weighted by atomic mass is 28.5. The van der Waals surface area contributed by atoms with Gasteiger partial charge >= 0.3 is 343 Å². The Kier molecular flexibility index (Phi) is 73.7. The third-order valence-corrected chi connectivity index (χ3v) is 101. The van der Waals surface area contributed by atoms with Gasteiger partial charge in [-0.1, -0.05) is 0 Å². The molecule has 0 rings (SSSR count). The van der Waals surface area contributed by atoms with Gasteiger partial charge in [-0.05, 0) is 282 Å².